The molecule has 2 nitrogen and oxygen atoms in total. The summed E-state index contributed by atoms with van der Waals surface area (Å²) in [7, 11) is 0. The van der Waals surface area contributed by atoms with Crippen LogP contribution in [0.2, 0.25) is 0 Å². The number of hydrogen-bond donors (Lipinski definition) is 2. The Morgan fingerprint density at radius 2 is 2.20 bits per heavy atom. The molecule has 0 aromatic carbocycles. The molecule has 2 heteroatoms. The van der Waals surface area contributed by atoms with Gasteiger partial charge in [0.15, 0.2) is 5.88 Å². The molecule has 0 heterocycles. The van der Waals surface area contributed by atoms with Crippen molar-refractivity contribution in [2.24, 2.45) is 5.73 Å². The number of nitrogens with two attached hydrogens (primary N) is 1. The Balaban J connectivity index is 3.14. The summed E-state index contributed by atoms with van der Waals surface area (Å²) in [6.45, 7) is 1.66. The van der Waals surface area contributed by atoms with Gasteiger partial charge in [-0.05, 0) is 13.0 Å². The molecule has 0 saturated carbocycles. The number of aliphatic hydroxyl groups is 1. The predicted molar refractivity (Wildman–Crippen MR) is 20.6 cm³/mol. The Bertz CT molecular complexity index is 44.9. The van der Waals surface area contributed by atoms with Gasteiger partial charge in [0.2, 0.25) is 0 Å². The average molecular weight is 73.1 g/mol. The first kappa shape index (κ1) is 4.34. The van der Waals surface area contributed by atoms with Crippen molar-refractivity contribution in [2.45, 2.75) is 6.92 Å². The highest BCUT2D eigenvalue weighted by Crippen LogP contribution is 1.65. The first-order valence-electron chi connectivity index (χ1n) is 1.38. The highest BCUT2D eigenvalue weighted by molar-refractivity contribution is 4.77. The summed E-state index contributed by atoms with van der Waals surface area (Å²) in [5.74, 6) is -0.120. The Morgan fingerprint density at radius 3 is 2.20 bits per heavy atom. The van der Waals surface area contributed by atoms with Gasteiger partial charge in [0.25, 0.3) is 0 Å². The van der Waals surface area contributed by atoms with E-state index in [0.717, 1.165) is 0 Å². The van der Waals surface area contributed by atoms with Crippen molar-refractivity contribution in [3.05, 3.63) is 12.0 Å². The zero-order valence-electron chi connectivity index (χ0n) is 3.10. The molecule has 0 atom stereocenters. The molecule has 0 aliphatic heterocycles. The van der Waals surface area contributed by atoms with E-state index in [0.29, 0.717) is 0 Å². The fourth-order valence-electron chi connectivity index (χ4n) is 0. The topological polar surface area (TPSA) is 46.2 Å². The average Bonchev–Trinajstić information content (AvgIpc) is 1.38. The van der Waals surface area contributed by atoms with E-state index in [2.05, 4.69) is 0 Å². The smallest absolute Gasteiger partial charge is 0.176 e. The monoisotopic (exact) mass is 73.1 g/mol. The van der Waals surface area contributed by atoms with Gasteiger partial charge in [-0.15, -0.1) is 0 Å². The molecule has 0 unspecified atom stereocenters. The van der Waals surface area contributed by atoms with E-state index in [4.69, 9.17) is 10.8 Å². The molecule has 5 heavy (non-hydrogen) atoms. The predicted octanol–water partition coefficient (Wildman–Crippen LogP) is 0.364. The fraction of sp³-hybridized carbons (Fsp3) is 0.333. The van der Waals surface area contributed by atoms with Gasteiger partial charge < -0.3 is 10.8 Å². The summed E-state index contributed by atoms with van der Waals surface area (Å²) < 4.78 is 0. The molecule has 0 fully saturated rings. The molecule has 0 aromatic rings. The molecule has 0 aliphatic carbocycles. The third-order valence-corrected chi connectivity index (χ3v) is 0.296. The van der Waals surface area contributed by atoms with Crippen molar-refractivity contribution >= 4 is 0 Å². The van der Waals surface area contributed by atoms with Crippen LogP contribution in [0.3, 0.4) is 0 Å². The van der Waals surface area contributed by atoms with Crippen molar-refractivity contribution in [1.29, 1.82) is 0 Å². The summed E-state index contributed by atoms with van der Waals surface area (Å²) in [6, 6.07) is 0. The molecular formula is C3H7NO. The molecule has 0 bridgehead atoms. The molecule has 30 valence electrons. The lowest BCUT2D eigenvalue weighted by Crippen LogP contribution is -1.91. The minimum Gasteiger partial charge on any atom is -0.495 e. The first-order chi connectivity index (χ1) is 2.27. The highest BCUT2D eigenvalue weighted by Gasteiger charge is 1.63. The van der Waals surface area contributed by atoms with Crippen LogP contribution in [0.4, 0.5) is 0 Å². The van der Waals surface area contributed by atoms with Crippen LogP contribution in [-0.4, -0.2) is 5.11 Å². The maximum Gasteiger partial charge on any atom is 0.176 e. The van der Waals surface area contributed by atoms with Gasteiger partial charge in [-0.2, -0.15) is 0 Å². The van der Waals surface area contributed by atoms with E-state index in [9.17, 15) is 0 Å². The first-order valence-corrected chi connectivity index (χ1v) is 1.38. The number of rotatable bonds is 0. The molecule has 0 rings (SSSR count). The lowest BCUT2D eigenvalue weighted by Gasteiger charge is -1.76. The summed E-state index contributed by atoms with van der Waals surface area (Å²) in [6.07, 6.45) is 1.42. The lowest BCUT2D eigenvalue weighted by molar-refractivity contribution is 0.404. The molecule has 0 radical (unpaired) electrons. The normalized spacial score (nSPS) is 11.8. The third kappa shape index (κ3) is 3.34. The Morgan fingerprint density at radius 1 is 2.00 bits per heavy atom. The van der Waals surface area contributed by atoms with E-state index in [1.165, 1.54) is 6.08 Å². The fourth-order valence-corrected chi connectivity index (χ4v) is 0. The lowest BCUT2D eigenvalue weighted by atomic mass is 10.7. The Hall–Kier alpha value is -0.660. The zero-order valence-corrected chi connectivity index (χ0v) is 3.10. The van der Waals surface area contributed by atoms with Gasteiger partial charge >= 0.3 is 0 Å². The number of allylic oxidation sites excluding steroid dienone is 1. The van der Waals surface area contributed by atoms with Crippen LogP contribution in [0.5, 0.6) is 0 Å². The second kappa shape index (κ2) is 1.64. The Kier molecular flexibility index (Phi) is 1.42. The van der Waals surface area contributed by atoms with E-state index < -0.39 is 0 Å². The second-order valence-electron chi connectivity index (χ2n) is 0.714. The van der Waals surface area contributed by atoms with Gasteiger partial charge in [0, 0.05) is 0 Å². The molecule has 0 amide bonds. The van der Waals surface area contributed by atoms with Crippen LogP contribution in [0.1, 0.15) is 6.92 Å². The number of aliphatic hydroxyl groups excluding tert-OH is 1. The molecule has 0 spiro atoms. The largest absolute Gasteiger partial charge is 0.495 e. The number of hydrogen-bond acceptors (Lipinski definition) is 2. The standard InChI is InChI=1S/C3H7NO/c1-2-3(4)5/h2,5H,4H2,1H3/b3-2-. The summed E-state index contributed by atoms with van der Waals surface area (Å²) in [4.78, 5) is 0. The molecule has 0 aliphatic rings. The SMILES string of the molecule is C/C=C(/N)O. The maximum atomic E-state index is 8.00. The van der Waals surface area contributed by atoms with E-state index in [1.807, 2.05) is 0 Å². The van der Waals surface area contributed by atoms with Crippen LogP contribution in [0.15, 0.2) is 12.0 Å². The van der Waals surface area contributed by atoms with Gasteiger partial charge in [-0.3, -0.25) is 0 Å². The van der Waals surface area contributed by atoms with Crippen LogP contribution >= 0.6 is 0 Å². The van der Waals surface area contributed by atoms with Gasteiger partial charge in [0.05, 0.1) is 0 Å². The van der Waals surface area contributed by atoms with E-state index in [1.54, 1.807) is 6.92 Å². The van der Waals surface area contributed by atoms with E-state index >= 15 is 0 Å². The maximum absolute atomic E-state index is 8.00. The molecule has 0 aromatic heterocycles. The van der Waals surface area contributed by atoms with Gasteiger partial charge in [-0.1, -0.05) is 0 Å². The third-order valence-electron chi connectivity index (χ3n) is 0.296. The van der Waals surface area contributed by atoms with Crippen LogP contribution in [-0.2, 0) is 0 Å². The van der Waals surface area contributed by atoms with Gasteiger partial charge in [-0.25, -0.2) is 0 Å². The van der Waals surface area contributed by atoms with Crippen molar-refractivity contribution < 1.29 is 5.11 Å². The minimum absolute atomic E-state index is 0.120. The van der Waals surface area contributed by atoms with Crippen molar-refractivity contribution in [1.82, 2.24) is 0 Å². The van der Waals surface area contributed by atoms with Crippen LogP contribution in [0.25, 0.3) is 0 Å². The molecular weight excluding hydrogens is 66.0 g/mol. The minimum atomic E-state index is -0.120. The van der Waals surface area contributed by atoms with Crippen LogP contribution in [0, 0.1) is 0 Å². The molecule has 3 N–H and O–H groups in total. The van der Waals surface area contributed by atoms with Crippen molar-refractivity contribution in [2.75, 3.05) is 0 Å². The molecule has 0 saturated heterocycles. The van der Waals surface area contributed by atoms with Crippen molar-refractivity contribution in [3.63, 3.8) is 0 Å². The second-order valence-corrected chi connectivity index (χ2v) is 0.714. The quantitative estimate of drug-likeness (QED) is 0.407. The summed E-state index contributed by atoms with van der Waals surface area (Å²) >= 11 is 0. The van der Waals surface area contributed by atoms with Crippen molar-refractivity contribution in [3.8, 4) is 0 Å². The highest BCUT2D eigenvalue weighted by atomic mass is 16.3. The van der Waals surface area contributed by atoms with E-state index in [-0.39, 0.29) is 5.88 Å². The summed E-state index contributed by atoms with van der Waals surface area (Å²) in [5.41, 5.74) is 4.71. The zero-order chi connectivity index (χ0) is 4.28. The van der Waals surface area contributed by atoms with Gasteiger partial charge in [0.1, 0.15) is 0 Å². The van der Waals surface area contributed by atoms with Crippen LogP contribution < -0.4 is 5.73 Å². The summed E-state index contributed by atoms with van der Waals surface area (Å²) in [5, 5.41) is 8.00. The Labute approximate surface area is 30.9 Å².